The second-order valence-corrected chi connectivity index (χ2v) is 6.50. The number of rotatable bonds is 6. The molecule has 4 nitrogen and oxygen atoms in total. The van der Waals surface area contributed by atoms with E-state index < -0.39 is 15.4 Å². The second-order valence-electron chi connectivity index (χ2n) is 4.81. The molecule has 0 amide bonds. The van der Waals surface area contributed by atoms with Gasteiger partial charge < -0.3 is 9.29 Å². The molecular weight excluding hydrogens is 311 g/mol. The summed E-state index contributed by atoms with van der Waals surface area (Å²) in [5, 5.41) is -1.07. The van der Waals surface area contributed by atoms with Crippen LogP contribution >= 0.6 is 0 Å². The molecule has 6 heteroatoms. The van der Waals surface area contributed by atoms with Gasteiger partial charge in [0.2, 0.25) is 0 Å². The van der Waals surface area contributed by atoms with Gasteiger partial charge in [0.1, 0.15) is 10.1 Å². The van der Waals surface area contributed by atoms with E-state index in [1.54, 1.807) is 24.3 Å². The minimum Gasteiger partial charge on any atom is -0.747 e. The van der Waals surface area contributed by atoms with Gasteiger partial charge in [-0.3, -0.25) is 0 Å². The van der Waals surface area contributed by atoms with Crippen LogP contribution in [0.25, 0.3) is 0 Å². The van der Waals surface area contributed by atoms with Crippen molar-refractivity contribution in [2.45, 2.75) is 25.4 Å². The minimum absolute atomic E-state index is 0. The Balaban J connectivity index is 0.00000242. The van der Waals surface area contributed by atoms with Crippen LogP contribution in [0.3, 0.4) is 0 Å². The second kappa shape index (κ2) is 8.82. The first-order valence-electron chi connectivity index (χ1n) is 6.62. The zero-order valence-corrected chi connectivity index (χ0v) is 15.5. The first-order valence-corrected chi connectivity index (χ1v) is 8.10. The van der Waals surface area contributed by atoms with Crippen LogP contribution in [0.4, 0.5) is 0 Å². The van der Waals surface area contributed by atoms with Crippen molar-refractivity contribution in [3.8, 4) is 0 Å². The summed E-state index contributed by atoms with van der Waals surface area (Å²) in [6.07, 6.45) is 0. The molecule has 0 aliphatic carbocycles. The average Bonchev–Trinajstić information content (AvgIpc) is 2.47. The summed E-state index contributed by atoms with van der Waals surface area (Å²) in [4.78, 5) is 0. The third-order valence-electron chi connectivity index (χ3n) is 3.30. The molecule has 0 aliphatic heterocycles. The number of benzene rings is 2. The van der Waals surface area contributed by atoms with E-state index in [0.717, 1.165) is 11.1 Å². The minimum atomic E-state index is -4.36. The number of hydrogen-bond donors (Lipinski definition) is 0. The zero-order valence-electron chi connectivity index (χ0n) is 12.7. The maximum absolute atomic E-state index is 11.2. The monoisotopic (exact) mass is 328 g/mol. The van der Waals surface area contributed by atoms with Crippen LogP contribution in [0.1, 0.15) is 28.9 Å². The number of hydrogen-bond acceptors (Lipinski definition) is 4. The summed E-state index contributed by atoms with van der Waals surface area (Å²) in [6, 6.07) is 16.7. The van der Waals surface area contributed by atoms with E-state index in [1.807, 2.05) is 30.3 Å². The van der Waals surface area contributed by atoms with Crippen molar-refractivity contribution in [3.05, 3.63) is 71.3 Å². The van der Waals surface area contributed by atoms with Gasteiger partial charge in [0.05, 0.1) is 18.5 Å². The Morgan fingerprint density at radius 1 is 1.00 bits per heavy atom. The van der Waals surface area contributed by atoms with Crippen molar-refractivity contribution in [3.63, 3.8) is 0 Å². The average molecular weight is 328 g/mol. The standard InChI is InChI=1S/C16H18O4S.Na/c1-13(21(17,18)19)16-10-6-5-9-15(16)12-20-11-14-7-3-2-4-8-14;/h2-10,13H,11-12H2,1H3,(H,17,18,19);/q;+1/p-1. The maximum Gasteiger partial charge on any atom is 1.00 e. The van der Waals surface area contributed by atoms with Gasteiger partial charge in [-0.25, -0.2) is 8.42 Å². The van der Waals surface area contributed by atoms with E-state index in [4.69, 9.17) is 4.74 Å². The van der Waals surface area contributed by atoms with E-state index in [0.29, 0.717) is 12.2 Å². The molecule has 0 saturated heterocycles. The molecule has 1 atom stereocenters. The van der Waals surface area contributed by atoms with Gasteiger partial charge in [0, 0.05) is 0 Å². The van der Waals surface area contributed by atoms with Crippen LogP contribution in [-0.2, 0) is 28.1 Å². The molecular formula is C16H17NaO4S. The molecule has 2 aromatic rings. The van der Waals surface area contributed by atoms with Crippen molar-refractivity contribution in [1.82, 2.24) is 0 Å². The van der Waals surface area contributed by atoms with Gasteiger partial charge in [-0.05, 0) is 23.6 Å². The normalized spacial score (nSPS) is 12.5. The Kier molecular flexibility index (Phi) is 7.76. The zero-order chi connectivity index (χ0) is 15.3. The van der Waals surface area contributed by atoms with Crippen LogP contribution in [0.5, 0.6) is 0 Å². The van der Waals surface area contributed by atoms with Crippen LogP contribution in [0.2, 0.25) is 0 Å². The van der Waals surface area contributed by atoms with E-state index in [9.17, 15) is 13.0 Å². The quantitative estimate of drug-likeness (QED) is 0.554. The predicted molar refractivity (Wildman–Crippen MR) is 79.5 cm³/mol. The number of ether oxygens (including phenoxy) is 1. The van der Waals surface area contributed by atoms with Gasteiger partial charge >= 0.3 is 29.6 Å². The largest absolute Gasteiger partial charge is 1.00 e. The Morgan fingerprint density at radius 3 is 2.23 bits per heavy atom. The topological polar surface area (TPSA) is 66.4 Å². The van der Waals surface area contributed by atoms with Gasteiger partial charge in [-0.1, -0.05) is 54.6 Å². The summed E-state index contributed by atoms with van der Waals surface area (Å²) in [5.41, 5.74) is 2.26. The van der Waals surface area contributed by atoms with Gasteiger partial charge in [-0.2, -0.15) is 0 Å². The molecule has 1 unspecified atom stereocenters. The predicted octanol–water partition coefficient (Wildman–Crippen LogP) is 0.0136. The Labute approximate surface area is 153 Å². The van der Waals surface area contributed by atoms with E-state index in [2.05, 4.69) is 0 Å². The molecule has 0 aliphatic rings. The molecule has 0 N–H and O–H groups in total. The van der Waals surface area contributed by atoms with Crippen LogP contribution in [0, 0.1) is 0 Å². The fourth-order valence-corrected chi connectivity index (χ4v) is 2.61. The van der Waals surface area contributed by atoms with Crippen molar-refractivity contribution in [2.75, 3.05) is 0 Å². The molecule has 0 spiro atoms. The Bertz CT molecular complexity index is 686. The van der Waals surface area contributed by atoms with Gasteiger partial charge in [-0.15, -0.1) is 0 Å². The van der Waals surface area contributed by atoms with Gasteiger partial charge in [0.15, 0.2) is 0 Å². The molecule has 2 aromatic carbocycles. The fourth-order valence-electron chi connectivity index (χ4n) is 2.07. The summed E-state index contributed by atoms with van der Waals surface area (Å²) in [6.45, 7) is 2.11. The molecule has 2 rings (SSSR count). The Hall–Kier alpha value is -0.690. The van der Waals surface area contributed by atoms with E-state index in [-0.39, 0.29) is 36.2 Å². The molecule has 0 radical (unpaired) electrons. The molecule has 0 aromatic heterocycles. The van der Waals surface area contributed by atoms with Crippen molar-refractivity contribution in [1.29, 1.82) is 0 Å². The molecule has 0 heterocycles. The molecule has 112 valence electrons. The third kappa shape index (κ3) is 5.50. The van der Waals surface area contributed by atoms with Crippen LogP contribution < -0.4 is 29.6 Å². The van der Waals surface area contributed by atoms with Crippen molar-refractivity contribution < 1.29 is 47.3 Å². The van der Waals surface area contributed by atoms with E-state index >= 15 is 0 Å². The van der Waals surface area contributed by atoms with Crippen LogP contribution in [-0.4, -0.2) is 13.0 Å². The Morgan fingerprint density at radius 2 is 1.59 bits per heavy atom. The van der Waals surface area contributed by atoms with Crippen LogP contribution in [0.15, 0.2) is 54.6 Å². The molecule has 0 fully saturated rings. The van der Waals surface area contributed by atoms with Gasteiger partial charge in [0.25, 0.3) is 0 Å². The fraction of sp³-hybridized carbons (Fsp3) is 0.250. The molecule has 22 heavy (non-hydrogen) atoms. The van der Waals surface area contributed by atoms with Crippen molar-refractivity contribution >= 4 is 10.1 Å². The third-order valence-corrected chi connectivity index (χ3v) is 4.42. The molecule has 0 saturated carbocycles. The van der Waals surface area contributed by atoms with E-state index in [1.165, 1.54) is 6.92 Å². The summed E-state index contributed by atoms with van der Waals surface area (Å²) in [7, 11) is -4.36. The first-order chi connectivity index (χ1) is 9.98. The smallest absolute Gasteiger partial charge is 0.747 e. The maximum atomic E-state index is 11.2. The summed E-state index contributed by atoms with van der Waals surface area (Å²) >= 11 is 0. The molecule has 0 bridgehead atoms. The summed E-state index contributed by atoms with van der Waals surface area (Å²) in [5.74, 6) is 0. The SMILES string of the molecule is CC(c1ccccc1COCc1ccccc1)S(=O)(=O)[O-].[Na+]. The summed E-state index contributed by atoms with van der Waals surface area (Å²) < 4.78 is 39.2. The van der Waals surface area contributed by atoms with Crippen molar-refractivity contribution in [2.24, 2.45) is 0 Å². The first kappa shape index (κ1) is 19.4.